The first-order chi connectivity index (χ1) is 7.85. The third-order valence-corrected chi connectivity index (χ3v) is 1.73. The van der Waals surface area contributed by atoms with Gasteiger partial charge in [-0.15, -0.1) is 19.7 Å². The molecular formula is C12H21BO3. The Kier molecular flexibility index (Phi) is 11.6. The standard InChI is InChI=1S/C12H21BO3/c1-4-7-10-14-13(15-11-8-5-2)16-12-9-6-3/h4-6H,1-3,7-12H2. The summed E-state index contributed by atoms with van der Waals surface area (Å²) in [6.07, 6.45) is 7.74. The van der Waals surface area contributed by atoms with Crippen LogP contribution >= 0.6 is 0 Å². The topological polar surface area (TPSA) is 27.7 Å². The fourth-order valence-corrected chi connectivity index (χ4v) is 0.887. The summed E-state index contributed by atoms with van der Waals surface area (Å²) >= 11 is 0. The van der Waals surface area contributed by atoms with Crippen LogP contribution in [-0.2, 0) is 14.0 Å². The lowest BCUT2D eigenvalue weighted by molar-refractivity contribution is 0.0975. The molecule has 0 bridgehead atoms. The maximum Gasteiger partial charge on any atom is 0.639 e. The first-order valence-electron chi connectivity index (χ1n) is 5.52. The SMILES string of the molecule is C=CCCOB(OCCC=C)OCCC=C. The molecule has 0 rings (SSSR count). The van der Waals surface area contributed by atoms with Crippen LogP contribution in [0, 0.1) is 0 Å². The quantitative estimate of drug-likeness (QED) is 0.290. The van der Waals surface area contributed by atoms with Gasteiger partial charge in [0.25, 0.3) is 0 Å². The maximum atomic E-state index is 5.39. The molecule has 0 aliphatic heterocycles. The van der Waals surface area contributed by atoms with Crippen molar-refractivity contribution in [1.82, 2.24) is 0 Å². The Hall–Kier alpha value is -0.835. The Balaban J connectivity index is 3.69. The lowest BCUT2D eigenvalue weighted by Gasteiger charge is -2.13. The second-order valence-corrected chi connectivity index (χ2v) is 3.13. The van der Waals surface area contributed by atoms with Gasteiger partial charge in [-0.25, -0.2) is 0 Å². The Labute approximate surface area is 99.0 Å². The molecule has 0 aliphatic rings. The molecule has 0 atom stereocenters. The summed E-state index contributed by atoms with van der Waals surface area (Å²) in [5.74, 6) is 0. The van der Waals surface area contributed by atoms with E-state index >= 15 is 0 Å². The van der Waals surface area contributed by atoms with E-state index in [1.165, 1.54) is 0 Å². The largest absolute Gasteiger partial charge is 0.639 e. The minimum Gasteiger partial charge on any atom is -0.386 e. The molecule has 0 aliphatic carbocycles. The van der Waals surface area contributed by atoms with Crippen LogP contribution in [0.1, 0.15) is 19.3 Å². The van der Waals surface area contributed by atoms with E-state index in [4.69, 9.17) is 14.0 Å². The minimum atomic E-state index is -0.597. The van der Waals surface area contributed by atoms with Crippen molar-refractivity contribution in [2.75, 3.05) is 19.8 Å². The lowest BCUT2D eigenvalue weighted by Crippen LogP contribution is -2.28. The van der Waals surface area contributed by atoms with Crippen molar-refractivity contribution in [3.63, 3.8) is 0 Å². The smallest absolute Gasteiger partial charge is 0.386 e. The van der Waals surface area contributed by atoms with Crippen LogP contribution < -0.4 is 0 Å². The molecule has 4 heteroatoms. The van der Waals surface area contributed by atoms with Gasteiger partial charge >= 0.3 is 7.32 Å². The Bertz CT molecular complexity index is 161. The highest BCUT2D eigenvalue weighted by Gasteiger charge is 2.19. The summed E-state index contributed by atoms with van der Waals surface area (Å²) in [7, 11) is -0.597. The van der Waals surface area contributed by atoms with Crippen molar-refractivity contribution in [2.24, 2.45) is 0 Å². The van der Waals surface area contributed by atoms with Crippen molar-refractivity contribution in [3.05, 3.63) is 38.0 Å². The van der Waals surface area contributed by atoms with Gasteiger partial charge in [-0.1, -0.05) is 18.2 Å². The molecule has 0 heterocycles. The second-order valence-electron chi connectivity index (χ2n) is 3.13. The van der Waals surface area contributed by atoms with Gasteiger partial charge in [-0.3, -0.25) is 0 Å². The van der Waals surface area contributed by atoms with Crippen LogP contribution in [0.5, 0.6) is 0 Å². The highest BCUT2D eigenvalue weighted by Crippen LogP contribution is 1.98. The third kappa shape index (κ3) is 9.71. The van der Waals surface area contributed by atoms with Crippen molar-refractivity contribution >= 4 is 7.32 Å². The van der Waals surface area contributed by atoms with E-state index in [2.05, 4.69) is 19.7 Å². The molecule has 0 amide bonds. The van der Waals surface area contributed by atoms with Crippen molar-refractivity contribution in [3.8, 4) is 0 Å². The molecule has 0 saturated carbocycles. The maximum absolute atomic E-state index is 5.39. The average molecular weight is 224 g/mol. The van der Waals surface area contributed by atoms with Gasteiger partial charge in [0.1, 0.15) is 0 Å². The summed E-state index contributed by atoms with van der Waals surface area (Å²) in [5.41, 5.74) is 0. The molecule has 0 aromatic heterocycles. The zero-order valence-electron chi connectivity index (χ0n) is 9.90. The van der Waals surface area contributed by atoms with Crippen LogP contribution in [0.3, 0.4) is 0 Å². The zero-order chi connectivity index (χ0) is 12.1. The van der Waals surface area contributed by atoms with Crippen LogP contribution in [0.25, 0.3) is 0 Å². The summed E-state index contributed by atoms with van der Waals surface area (Å²) in [6.45, 7) is 12.5. The van der Waals surface area contributed by atoms with Gasteiger partial charge in [0.15, 0.2) is 0 Å². The van der Waals surface area contributed by atoms with Gasteiger partial charge in [0.05, 0.1) is 0 Å². The Morgan fingerprint density at radius 3 is 1.25 bits per heavy atom. The summed E-state index contributed by atoms with van der Waals surface area (Å²) in [5, 5.41) is 0. The van der Waals surface area contributed by atoms with Gasteiger partial charge < -0.3 is 14.0 Å². The molecule has 0 aromatic rings. The molecular weight excluding hydrogens is 203 g/mol. The average Bonchev–Trinajstić information content (AvgIpc) is 2.29. The van der Waals surface area contributed by atoms with Crippen LogP contribution in [0.2, 0.25) is 0 Å². The fraction of sp³-hybridized carbons (Fsp3) is 0.500. The van der Waals surface area contributed by atoms with E-state index in [0.29, 0.717) is 19.8 Å². The van der Waals surface area contributed by atoms with E-state index in [-0.39, 0.29) is 0 Å². The first kappa shape index (κ1) is 15.2. The van der Waals surface area contributed by atoms with Gasteiger partial charge in [-0.2, -0.15) is 0 Å². The van der Waals surface area contributed by atoms with Crippen LogP contribution in [0.4, 0.5) is 0 Å². The Morgan fingerprint density at radius 1 is 0.688 bits per heavy atom. The predicted molar refractivity (Wildman–Crippen MR) is 68.1 cm³/mol. The third-order valence-electron chi connectivity index (χ3n) is 1.73. The molecule has 0 fully saturated rings. The van der Waals surface area contributed by atoms with Crippen LogP contribution in [-0.4, -0.2) is 27.1 Å². The molecule has 3 nitrogen and oxygen atoms in total. The van der Waals surface area contributed by atoms with Gasteiger partial charge in [-0.05, 0) is 19.3 Å². The molecule has 90 valence electrons. The van der Waals surface area contributed by atoms with Gasteiger partial charge in [0, 0.05) is 19.8 Å². The normalized spacial score (nSPS) is 9.75. The second kappa shape index (κ2) is 12.2. The summed E-state index contributed by atoms with van der Waals surface area (Å²) in [4.78, 5) is 0. The molecule has 0 unspecified atom stereocenters. The summed E-state index contributed by atoms with van der Waals surface area (Å²) in [6, 6.07) is 0. The summed E-state index contributed by atoms with van der Waals surface area (Å²) < 4.78 is 16.2. The van der Waals surface area contributed by atoms with Crippen molar-refractivity contribution in [2.45, 2.75) is 19.3 Å². The molecule has 0 saturated heterocycles. The highest BCUT2D eigenvalue weighted by atomic mass is 16.7. The van der Waals surface area contributed by atoms with E-state index in [1.807, 2.05) is 0 Å². The highest BCUT2D eigenvalue weighted by molar-refractivity contribution is 6.36. The number of hydrogen-bond acceptors (Lipinski definition) is 3. The molecule has 0 spiro atoms. The molecule has 0 aromatic carbocycles. The molecule has 0 radical (unpaired) electrons. The van der Waals surface area contributed by atoms with Crippen molar-refractivity contribution < 1.29 is 14.0 Å². The zero-order valence-corrected chi connectivity index (χ0v) is 9.90. The van der Waals surface area contributed by atoms with E-state index in [0.717, 1.165) is 19.3 Å². The van der Waals surface area contributed by atoms with E-state index in [1.54, 1.807) is 18.2 Å². The fourth-order valence-electron chi connectivity index (χ4n) is 0.887. The van der Waals surface area contributed by atoms with E-state index < -0.39 is 7.32 Å². The number of hydrogen-bond donors (Lipinski definition) is 0. The lowest BCUT2D eigenvalue weighted by atomic mass is 10.2. The van der Waals surface area contributed by atoms with Crippen molar-refractivity contribution in [1.29, 1.82) is 0 Å². The first-order valence-corrected chi connectivity index (χ1v) is 5.52. The number of rotatable bonds is 12. The Morgan fingerprint density at radius 2 is 1.00 bits per heavy atom. The monoisotopic (exact) mass is 224 g/mol. The predicted octanol–water partition coefficient (Wildman–Crippen LogP) is 2.75. The molecule has 16 heavy (non-hydrogen) atoms. The van der Waals surface area contributed by atoms with Crippen LogP contribution in [0.15, 0.2) is 38.0 Å². The van der Waals surface area contributed by atoms with E-state index in [9.17, 15) is 0 Å². The minimum absolute atomic E-state index is 0.552. The molecule has 0 N–H and O–H groups in total. The van der Waals surface area contributed by atoms with Gasteiger partial charge in [0.2, 0.25) is 0 Å².